The summed E-state index contributed by atoms with van der Waals surface area (Å²) in [6.45, 7) is 13.7. The van der Waals surface area contributed by atoms with Gasteiger partial charge in [0.2, 0.25) is 0 Å². The van der Waals surface area contributed by atoms with Crippen LogP contribution in [0.3, 0.4) is 0 Å². The molecule has 3 fully saturated rings. The van der Waals surface area contributed by atoms with Gasteiger partial charge < -0.3 is 18.8 Å². The van der Waals surface area contributed by atoms with Crippen LogP contribution in [0.4, 0.5) is 4.39 Å². The van der Waals surface area contributed by atoms with E-state index in [1.165, 1.54) is 0 Å². The van der Waals surface area contributed by atoms with Crippen molar-refractivity contribution in [3.05, 3.63) is 65.3 Å². The highest BCUT2D eigenvalue weighted by atomic mass is 19.1. The molecule has 2 atom stereocenters. The number of halogens is 1. The number of nitrogens with zero attached hydrogens (tertiary/aromatic N) is 3. The van der Waals surface area contributed by atoms with Crippen LogP contribution in [0.25, 0.3) is 16.5 Å². The van der Waals surface area contributed by atoms with Crippen molar-refractivity contribution in [2.24, 2.45) is 0 Å². The molecule has 236 valence electrons. The average Bonchev–Trinajstić information content (AvgIpc) is 3.70. The highest BCUT2D eigenvalue weighted by molar-refractivity contribution is 6.56. The third-order valence-electron chi connectivity index (χ3n) is 9.84. The minimum absolute atomic E-state index is 0.0127. The molecule has 44 heavy (non-hydrogen) atoms. The summed E-state index contributed by atoms with van der Waals surface area (Å²) in [7, 11) is -0.459. The summed E-state index contributed by atoms with van der Waals surface area (Å²) in [6.07, 6.45) is 7.62. The van der Waals surface area contributed by atoms with E-state index >= 15 is 0 Å². The molecular weight excluding hydrogens is 556 g/mol. The minimum atomic E-state index is -0.459. The second-order valence-electron chi connectivity index (χ2n) is 13.4. The van der Waals surface area contributed by atoms with E-state index in [2.05, 4.69) is 82.0 Å². The van der Waals surface area contributed by atoms with Crippen molar-refractivity contribution in [2.75, 3.05) is 32.9 Å². The molecule has 2 aromatic carbocycles. The Morgan fingerprint density at radius 3 is 2.45 bits per heavy atom. The lowest BCUT2D eigenvalue weighted by Crippen LogP contribution is -2.41. The maximum Gasteiger partial charge on any atom is 0.491 e. The number of rotatable bonds is 10. The van der Waals surface area contributed by atoms with Gasteiger partial charge in [-0.15, -0.1) is 0 Å². The number of hydrogen-bond acceptors (Lipinski definition) is 6. The Bertz CT molecular complexity index is 1450. The number of benzene rings is 2. The Morgan fingerprint density at radius 1 is 1.02 bits per heavy atom. The van der Waals surface area contributed by atoms with Gasteiger partial charge in [0, 0.05) is 31.6 Å². The van der Waals surface area contributed by atoms with Gasteiger partial charge in [0.15, 0.2) is 6.23 Å². The van der Waals surface area contributed by atoms with Crippen molar-refractivity contribution in [3.8, 4) is 5.75 Å². The van der Waals surface area contributed by atoms with Gasteiger partial charge in [0.05, 0.1) is 29.6 Å². The molecule has 0 saturated carbocycles. The fourth-order valence-corrected chi connectivity index (χ4v) is 6.61. The highest BCUT2D eigenvalue weighted by Gasteiger charge is 2.52. The smallest absolute Gasteiger partial charge is 0.489 e. The van der Waals surface area contributed by atoms with Crippen LogP contribution < -0.4 is 4.74 Å². The van der Waals surface area contributed by atoms with Gasteiger partial charge in [-0.1, -0.05) is 25.1 Å². The molecule has 3 aliphatic heterocycles. The number of fused-ring (bicyclic) bond motifs is 1. The zero-order valence-corrected chi connectivity index (χ0v) is 27.0. The third kappa shape index (κ3) is 6.34. The summed E-state index contributed by atoms with van der Waals surface area (Å²) in [4.78, 5) is 2.29. The SMILES string of the molecule is CC/C(B1OC(C)(C)C(C)(C)O1)=C(/c1ccc(O[C@H]2CCN(CCCF)C2)cc1)c1ccc2c(cnn2C2CCCCO2)c1. The Hall–Kier alpha value is -2.72. The fraction of sp³-hybridized carbons (Fsp3) is 0.571. The Balaban J connectivity index is 1.33. The van der Waals surface area contributed by atoms with Crippen molar-refractivity contribution in [1.29, 1.82) is 0 Å². The summed E-state index contributed by atoms with van der Waals surface area (Å²) in [5.41, 5.74) is 4.60. The predicted octanol–water partition coefficient (Wildman–Crippen LogP) is 7.39. The fourth-order valence-electron chi connectivity index (χ4n) is 6.61. The first-order chi connectivity index (χ1) is 21.2. The molecule has 3 aromatic rings. The Kier molecular flexibility index (Phi) is 9.21. The molecule has 1 unspecified atom stereocenters. The summed E-state index contributed by atoms with van der Waals surface area (Å²) < 4.78 is 40.3. The topological polar surface area (TPSA) is 58.0 Å². The quantitative estimate of drug-likeness (QED) is 0.225. The molecular formula is C35H47BFN3O4. The number of ether oxygens (including phenoxy) is 2. The first kappa shape index (κ1) is 31.3. The van der Waals surface area contributed by atoms with Gasteiger partial charge in [-0.3, -0.25) is 9.29 Å². The molecule has 0 N–H and O–H groups in total. The highest BCUT2D eigenvalue weighted by Crippen LogP contribution is 2.42. The van der Waals surface area contributed by atoms with Crippen molar-refractivity contribution in [3.63, 3.8) is 0 Å². The van der Waals surface area contributed by atoms with Crippen LogP contribution >= 0.6 is 0 Å². The summed E-state index contributed by atoms with van der Waals surface area (Å²) in [6, 6.07) is 15.0. The summed E-state index contributed by atoms with van der Waals surface area (Å²) >= 11 is 0. The predicted molar refractivity (Wildman–Crippen MR) is 173 cm³/mol. The molecule has 1 aromatic heterocycles. The molecule has 0 bridgehead atoms. The molecule has 0 spiro atoms. The molecule has 0 amide bonds. The number of aromatic nitrogens is 2. The first-order valence-corrected chi connectivity index (χ1v) is 16.4. The van der Waals surface area contributed by atoms with Crippen molar-refractivity contribution in [2.45, 2.75) is 96.7 Å². The molecule has 9 heteroatoms. The first-order valence-electron chi connectivity index (χ1n) is 16.4. The van der Waals surface area contributed by atoms with Gasteiger partial charge >= 0.3 is 7.12 Å². The molecule has 3 aliphatic rings. The van der Waals surface area contributed by atoms with Crippen molar-refractivity contribution < 1.29 is 23.2 Å². The van der Waals surface area contributed by atoms with E-state index in [9.17, 15) is 4.39 Å². The number of likely N-dealkylation sites (tertiary alicyclic amines) is 1. The zero-order chi connectivity index (χ0) is 30.9. The lowest BCUT2D eigenvalue weighted by Gasteiger charge is -2.32. The second kappa shape index (κ2) is 13.0. The monoisotopic (exact) mass is 603 g/mol. The molecule has 7 nitrogen and oxygen atoms in total. The van der Waals surface area contributed by atoms with E-state index < -0.39 is 18.3 Å². The molecule has 0 radical (unpaired) electrons. The third-order valence-corrected chi connectivity index (χ3v) is 9.84. The number of hydrogen-bond donors (Lipinski definition) is 0. The summed E-state index contributed by atoms with van der Waals surface area (Å²) in [5, 5.41) is 5.82. The van der Waals surface area contributed by atoms with Crippen LogP contribution in [0.5, 0.6) is 5.75 Å². The molecule has 6 rings (SSSR count). The standard InChI is InChI=1S/C35H47BFN3O4/c1-6-30(36-43-34(2,3)35(4,5)44-36)33(25-11-14-28(15-12-25)42-29-17-20-39(24-29)19-9-18-37)26-13-16-31-27(22-26)23-38-40(31)32-10-7-8-21-41-32/h11-16,22-23,29,32H,6-10,17-21,24H2,1-5H3/b33-30+/t29-,32?/m0/s1. The van der Waals surface area contributed by atoms with Crippen LogP contribution in [-0.4, -0.2) is 72.0 Å². The van der Waals surface area contributed by atoms with E-state index in [0.29, 0.717) is 6.42 Å². The van der Waals surface area contributed by atoms with E-state index in [-0.39, 0.29) is 19.0 Å². The van der Waals surface area contributed by atoms with Crippen molar-refractivity contribution >= 4 is 23.6 Å². The maximum absolute atomic E-state index is 12.6. The van der Waals surface area contributed by atoms with Crippen LogP contribution in [0.15, 0.2) is 54.1 Å². The normalized spacial score (nSPS) is 24.2. The van der Waals surface area contributed by atoms with E-state index in [0.717, 1.165) is 97.2 Å². The average molecular weight is 604 g/mol. The van der Waals surface area contributed by atoms with Gasteiger partial charge in [-0.25, -0.2) is 4.68 Å². The van der Waals surface area contributed by atoms with Gasteiger partial charge in [0.1, 0.15) is 11.9 Å². The largest absolute Gasteiger partial charge is 0.491 e. The number of allylic oxidation sites excluding steroid dienone is 1. The van der Waals surface area contributed by atoms with E-state index in [1.807, 2.05) is 10.9 Å². The van der Waals surface area contributed by atoms with Gasteiger partial charge in [-0.2, -0.15) is 5.10 Å². The zero-order valence-electron chi connectivity index (χ0n) is 27.0. The van der Waals surface area contributed by atoms with Crippen LogP contribution in [0.2, 0.25) is 0 Å². The molecule has 0 aliphatic carbocycles. The maximum atomic E-state index is 12.6. The van der Waals surface area contributed by atoms with Crippen LogP contribution in [0, 0.1) is 0 Å². The second-order valence-corrected chi connectivity index (χ2v) is 13.4. The van der Waals surface area contributed by atoms with Crippen LogP contribution in [-0.2, 0) is 14.0 Å². The van der Waals surface area contributed by atoms with Gasteiger partial charge in [0.25, 0.3) is 0 Å². The summed E-state index contributed by atoms with van der Waals surface area (Å²) in [5.74, 6) is 0.850. The van der Waals surface area contributed by atoms with E-state index in [1.54, 1.807) is 0 Å². The Morgan fingerprint density at radius 2 is 1.77 bits per heavy atom. The van der Waals surface area contributed by atoms with Crippen molar-refractivity contribution in [1.82, 2.24) is 14.7 Å². The lowest BCUT2D eigenvalue weighted by molar-refractivity contribution is -0.0366. The van der Waals surface area contributed by atoms with E-state index in [4.69, 9.17) is 23.9 Å². The lowest BCUT2D eigenvalue weighted by atomic mass is 9.70. The molecule has 4 heterocycles. The Labute approximate surface area is 261 Å². The van der Waals surface area contributed by atoms with Gasteiger partial charge in [-0.05, 0) is 113 Å². The molecule has 3 saturated heterocycles. The number of alkyl halides is 1. The van der Waals surface area contributed by atoms with Crippen LogP contribution in [0.1, 0.15) is 90.5 Å². The minimum Gasteiger partial charge on any atom is -0.489 e.